The molecule has 100 valence electrons. The first-order chi connectivity index (χ1) is 8.99. The summed E-state index contributed by atoms with van der Waals surface area (Å²) in [6.45, 7) is 6.39. The van der Waals surface area contributed by atoms with Crippen LogP contribution in [-0.4, -0.2) is 26.3 Å². The summed E-state index contributed by atoms with van der Waals surface area (Å²) >= 11 is 1.60. The van der Waals surface area contributed by atoms with Crippen LogP contribution in [0.15, 0.2) is 29.3 Å². The quantitative estimate of drug-likeness (QED) is 0.684. The highest BCUT2D eigenvalue weighted by Crippen LogP contribution is 2.31. The van der Waals surface area contributed by atoms with Crippen LogP contribution in [0, 0.1) is 5.92 Å². The Balaban J connectivity index is 2.53. The predicted octanol–water partition coefficient (Wildman–Crippen LogP) is 3.46. The van der Waals surface area contributed by atoms with E-state index in [-0.39, 0.29) is 5.82 Å². The third kappa shape index (κ3) is 3.04. The average molecular weight is 276 g/mol. The Labute approximate surface area is 116 Å². The molecule has 1 atom stereocenters. The molecule has 2 rings (SSSR count). The molecule has 0 aliphatic heterocycles. The number of carboxylic acids is 1. The monoisotopic (exact) mass is 276 g/mol. The van der Waals surface area contributed by atoms with Crippen LogP contribution in [0.4, 0.5) is 0 Å². The van der Waals surface area contributed by atoms with E-state index in [0.29, 0.717) is 16.7 Å². The molecule has 0 radical (unpaired) electrons. The molecule has 1 aromatic carbocycles. The van der Waals surface area contributed by atoms with Crippen LogP contribution in [0.1, 0.15) is 31.4 Å². The van der Waals surface area contributed by atoms with E-state index in [9.17, 15) is 4.79 Å². The van der Waals surface area contributed by atoms with E-state index in [1.807, 2.05) is 24.3 Å². The second-order valence-corrected chi connectivity index (χ2v) is 6.11. The fraction of sp³-hybridized carbons (Fsp3) is 0.357. The molecule has 4 nitrogen and oxygen atoms in total. The van der Waals surface area contributed by atoms with Gasteiger partial charge in [0.25, 0.3) is 0 Å². The molecule has 19 heavy (non-hydrogen) atoms. The first-order valence-electron chi connectivity index (χ1n) is 6.15. The van der Waals surface area contributed by atoms with E-state index in [0.717, 1.165) is 10.4 Å². The van der Waals surface area contributed by atoms with Crippen LogP contribution in [0.25, 0.3) is 10.9 Å². The van der Waals surface area contributed by atoms with Gasteiger partial charge in [-0.3, -0.25) is 0 Å². The van der Waals surface area contributed by atoms with Gasteiger partial charge in [-0.15, -0.1) is 11.8 Å². The van der Waals surface area contributed by atoms with Gasteiger partial charge in [-0.25, -0.2) is 14.8 Å². The molecule has 0 saturated heterocycles. The van der Waals surface area contributed by atoms with Gasteiger partial charge in [0.15, 0.2) is 0 Å². The average Bonchev–Trinajstić information content (AvgIpc) is 2.38. The summed E-state index contributed by atoms with van der Waals surface area (Å²) in [7, 11) is 0. The van der Waals surface area contributed by atoms with Gasteiger partial charge in [-0.1, -0.05) is 39.0 Å². The number of carbonyl (C=O) groups is 1. The number of fused-ring (bicyclic) bond motifs is 1. The lowest BCUT2D eigenvalue weighted by molar-refractivity contribution is 0.0683. The van der Waals surface area contributed by atoms with Crippen molar-refractivity contribution in [2.24, 2.45) is 5.92 Å². The number of aromatic nitrogens is 2. The number of hydrogen-bond acceptors (Lipinski definition) is 4. The zero-order valence-corrected chi connectivity index (χ0v) is 11.9. The smallest absolute Gasteiger partial charge is 0.373 e. The zero-order valence-electron chi connectivity index (χ0n) is 11.1. The van der Waals surface area contributed by atoms with Crippen LogP contribution >= 0.6 is 11.8 Å². The van der Waals surface area contributed by atoms with Gasteiger partial charge in [0.2, 0.25) is 5.82 Å². The van der Waals surface area contributed by atoms with E-state index in [1.54, 1.807) is 11.8 Å². The van der Waals surface area contributed by atoms with E-state index in [2.05, 4.69) is 30.7 Å². The minimum atomic E-state index is -1.09. The number of aromatic carboxylic acids is 1. The second kappa shape index (κ2) is 5.57. The van der Waals surface area contributed by atoms with Crippen LogP contribution in [0.5, 0.6) is 0 Å². The summed E-state index contributed by atoms with van der Waals surface area (Å²) < 4.78 is 0. The van der Waals surface area contributed by atoms with E-state index in [4.69, 9.17) is 5.11 Å². The Hall–Kier alpha value is -1.62. The summed E-state index contributed by atoms with van der Waals surface area (Å²) in [5, 5.41) is 11.1. The Morgan fingerprint density at radius 3 is 2.53 bits per heavy atom. The van der Waals surface area contributed by atoms with Gasteiger partial charge in [-0.05, 0) is 12.0 Å². The summed E-state index contributed by atoms with van der Waals surface area (Å²) in [5.41, 5.74) is 0.674. The van der Waals surface area contributed by atoms with Gasteiger partial charge in [-0.2, -0.15) is 0 Å². The maximum Gasteiger partial charge on any atom is 0.373 e. The molecule has 1 heterocycles. The number of benzene rings is 1. The highest BCUT2D eigenvalue weighted by Gasteiger charge is 2.16. The second-order valence-electron chi connectivity index (χ2n) is 4.74. The predicted molar refractivity (Wildman–Crippen MR) is 76.7 cm³/mol. The zero-order chi connectivity index (χ0) is 14.0. The third-order valence-electron chi connectivity index (χ3n) is 3.00. The summed E-state index contributed by atoms with van der Waals surface area (Å²) in [6, 6.07) is 7.50. The molecule has 1 aromatic heterocycles. The van der Waals surface area contributed by atoms with Crippen LogP contribution in [0.3, 0.4) is 0 Å². The van der Waals surface area contributed by atoms with Gasteiger partial charge < -0.3 is 5.11 Å². The van der Waals surface area contributed by atoms with Gasteiger partial charge >= 0.3 is 5.97 Å². The molecule has 0 spiro atoms. The molecule has 0 fully saturated rings. The van der Waals surface area contributed by atoms with Crippen molar-refractivity contribution in [1.82, 2.24) is 9.97 Å². The normalized spacial score (nSPS) is 12.8. The number of hydrogen-bond donors (Lipinski definition) is 1. The number of para-hydroxylation sites is 1. The highest BCUT2D eigenvalue weighted by molar-refractivity contribution is 8.00. The first-order valence-corrected chi connectivity index (χ1v) is 7.03. The van der Waals surface area contributed by atoms with E-state index in [1.165, 1.54) is 0 Å². The van der Waals surface area contributed by atoms with Crippen molar-refractivity contribution in [2.75, 3.05) is 0 Å². The first kappa shape index (κ1) is 13.8. The number of rotatable bonds is 4. The van der Waals surface area contributed by atoms with Gasteiger partial charge in [0.05, 0.1) is 5.52 Å². The molecule has 0 saturated carbocycles. The molecular weight excluding hydrogens is 260 g/mol. The minimum absolute atomic E-state index is 0.142. The number of nitrogens with zero attached hydrogens (tertiary/aromatic N) is 2. The molecular formula is C14H16N2O2S. The maximum absolute atomic E-state index is 11.1. The Morgan fingerprint density at radius 2 is 1.89 bits per heavy atom. The molecule has 1 N–H and O–H groups in total. The summed E-state index contributed by atoms with van der Waals surface area (Å²) in [5.74, 6) is -0.742. The molecule has 0 aliphatic rings. The van der Waals surface area contributed by atoms with E-state index < -0.39 is 5.97 Å². The van der Waals surface area contributed by atoms with Crippen molar-refractivity contribution in [2.45, 2.75) is 31.0 Å². The molecule has 0 aliphatic carbocycles. The van der Waals surface area contributed by atoms with Gasteiger partial charge in [0, 0.05) is 10.6 Å². The molecule has 1 unspecified atom stereocenters. The SMILES string of the molecule is CC(C)C(C)Sc1nc(C(=O)O)nc2ccccc12. The number of carboxylic acid groups (broad SMARTS) is 1. The summed E-state index contributed by atoms with van der Waals surface area (Å²) in [6.07, 6.45) is 0. The Bertz CT molecular complexity index is 613. The lowest BCUT2D eigenvalue weighted by Gasteiger charge is -2.15. The topological polar surface area (TPSA) is 63.1 Å². The van der Waals surface area contributed by atoms with Crippen molar-refractivity contribution in [3.8, 4) is 0 Å². The fourth-order valence-electron chi connectivity index (χ4n) is 1.55. The lowest BCUT2D eigenvalue weighted by Crippen LogP contribution is -2.09. The van der Waals surface area contributed by atoms with Crippen LogP contribution < -0.4 is 0 Å². The maximum atomic E-state index is 11.1. The molecule has 2 aromatic rings. The Morgan fingerprint density at radius 1 is 1.21 bits per heavy atom. The highest BCUT2D eigenvalue weighted by atomic mass is 32.2. The fourth-order valence-corrected chi connectivity index (χ4v) is 2.61. The van der Waals surface area contributed by atoms with E-state index >= 15 is 0 Å². The van der Waals surface area contributed by atoms with Crippen molar-refractivity contribution in [1.29, 1.82) is 0 Å². The molecule has 0 bridgehead atoms. The van der Waals surface area contributed by atoms with Crippen LogP contribution in [-0.2, 0) is 0 Å². The lowest BCUT2D eigenvalue weighted by atomic mass is 10.2. The van der Waals surface area contributed by atoms with Gasteiger partial charge in [0.1, 0.15) is 5.03 Å². The van der Waals surface area contributed by atoms with Crippen molar-refractivity contribution >= 4 is 28.6 Å². The summed E-state index contributed by atoms with van der Waals surface area (Å²) in [4.78, 5) is 19.3. The van der Waals surface area contributed by atoms with Crippen LogP contribution in [0.2, 0.25) is 0 Å². The third-order valence-corrected chi connectivity index (χ3v) is 4.45. The Kier molecular flexibility index (Phi) is 4.04. The van der Waals surface area contributed by atoms with Crippen molar-refractivity contribution in [3.05, 3.63) is 30.1 Å². The largest absolute Gasteiger partial charge is 0.475 e. The van der Waals surface area contributed by atoms with Crippen molar-refractivity contribution in [3.63, 3.8) is 0 Å². The standard InChI is InChI=1S/C14H16N2O2S/c1-8(2)9(3)19-13-10-6-4-5-7-11(10)15-12(16-13)14(17)18/h4-9H,1-3H3,(H,17,18). The minimum Gasteiger partial charge on any atom is -0.475 e. The number of thioether (sulfide) groups is 1. The van der Waals surface area contributed by atoms with Crippen molar-refractivity contribution < 1.29 is 9.90 Å². The molecule has 0 amide bonds. The molecule has 5 heteroatoms.